The van der Waals surface area contributed by atoms with Crippen molar-refractivity contribution < 1.29 is 9.53 Å². The third-order valence-corrected chi connectivity index (χ3v) is 5.93. The molecule has 1 heterocycles. The van der Waals surface area contributed by atoms with E-state index < -0.39 is 6.04 Å². The fraction of sp³-hybridized carbons (Fsp3) is 0.259. The molecule has 4 rings (SSSR count). The van der Waals surface area contributed by atoms with Gasteiger partial charge in [-0.25, -0.2) is 0 Å². The lowest BCUT2D eigenvalue weighted by molar-refractivity contribution is -0.113. The lowest BCUT2D eigenvalue weighted by Gasteiger charge is -2.31. The minimum absolute atomic E-state index is 0.168. The Morgan fingerprint density at radius 3 is 2.45 bits per heavy atom. The van der Waals surface area contributed by atoms with E-state index in [1.807, 2.05) is 62.4 Å². The number of ether oxygens (including phenoxy) is 1. The number of aryl methyl sites for hydroxylation is 1. The summed E-state index contributed by atoms with van der Waals surface area (Å²) in [6.45, 7) is 8.76. The molecule has 6 heteroatoms. The van der Waals surface area contributed by atoms with Gasteiger partial charge in [0.25, 0.3) is 5.91 Å². The zero-order chi connectivity index (χ0) is 23.5. The monoisotopic (exact) mass is 459 g/mol. The van der Waals surface area contributed by atoms with Crippen LogP contribution in [-0.2, 0) is 4.79 Å². The highest BCUT2D eigenvalue weighted by Crippen LogP contribution is 2.36. The molecule has 3 N–H and O–H groups in total. The summed E-state index contributed by atoms with van der Waals surface area (Å²) in [5, 5.41) is 12.0. The first-order chi connectivity index (χ1) is 15.8. The van der Waals surface area contributed by atoms with Gasteiger partial charge in [-0.1, -0.05) is 62.4 Å². The van der Waals surface area contributed by atoms with E-state index in [-0.39, 0.29) is 5.91 Å². The standard InChI is InChI=1S/C27H29N3O2S/c1-16(2)15-32-23-14-13-21(19-10-6-7-11-20(19)23)25-24(18(4)28-27(33)30-25)26(31)29-22-12-8-5-9-17(22)3/h5-14,16,25H,15H2,1-4H3,(H,29,31)(H2,28,30,33). The molecule has 33 heavy (non-hydrogen) atoms. The lowest BCUT2D eigenvalue weighted by atomic mass is 9.90. The highest BCUT2D eigenvalue weighted by atomic mass is 32.1. The van der Waals surface area contributed by atoms with Gasteiger partial charge in [-0.2, -0.15) is 0 Å². The van der Waals surface area contributed by atoms with Gasteiger partial charge >= 0.3 is 0 Å². The second-order valence-corrected chi connectivity index (χ2v) is 9.15. The Hall–Kier alpha value is -3.38. The summed E-state index contributed by atoms with van der Waals surface area (Å²) in [5.41, 5.74) is 4.11. The van der Waals surface area contributed by atoms with Gasteiger partial charge in [-0.05, 0) is 60.6 Å². The Morgan fingerprint density at radius 1 is 1.03 bits per heavy atom. The summed E-state index contributed by atoms with van der Waals surface area (Å²) in [4.78, 5) is 13.5. The van der Waals surface area contributed by atoms with Gasteiger partial charge < -0.3 is 20.7 Å². The Morgan fingerprint density at radius 2 is 1.73 bits per heavy atom. The molecule has 0 aliphatic carbocycles. The number of thiocarbonyl (C=S) groups is 1. The van der Waals surface area contributed by atoms with Crippen LogP contribution in [0.25, 0.3) is 10.8 Å². The number of para-hydroxylation sites is 1. The number of anilines is 1. The van der Waals surface area contributed by atoms with Crippen LogP contribution in [0.4, 0.5) is 5.69 Å². The van der Waals surface area contributed by atoms with E-state index in [4.69, 9.17) is 17.0 Å². The molecule has 1 atom stereocenters. The Bertz CT molecular complexity index is 1250. The molecule has 0 fully saturated rings. The zero-order valence-electron chi connectivity index (χ0n) is 19.4. The average molecular weight is 460 g/mol. The molecule has 0 radical (unpaired) electrons. The van der Waals surface area contributed by atoms with Crippen LogP contribution in [0.3, 0.4) is 0 Å². The van der Waals surface area contributed by atoms with Crippen LogP contribution in [0.5, 0.6) is 5.75 Å². The van der Waals surface area contributed by atoms with Crippen molar-refractivity contribution in [1.82, 2.24) is 10.6 Å². The van der Waals surface area contributed by atoms with Crippen molar-refractivity contribution in [2.24, 2.45) is 5.92 Å². The van der Waals surface area contributed by atoms with E-state index in [2.05, 4.69) is 41.9 Å². The number of carbonyl (C=O) groups excluding carboxylic acids is 1. The van der Waals surface area contributed by atoms with Gasteiger partial charge in [-0.15, -0.1) is 0 Å². The maximum atomic E-state index is 13.5. The molecule has 5 nitrogen and oxygen atoms in total. The van der Waals surface area contributed by atoms with Crippen LogP contribution >= 0.6 is 12.2 Å². The van der Waals surface area contributed by atoms with Gasteiger partial charge in [0, 0.05) is 16.8 Å². The Labute approximate surface area is 200 Å². The number of amides is 1. The summed E-state index contributed by atoms with van der Waals surface area (Å²) in [6, 6.07) is 19.5. The van der Waals surface area contributed by atoms with Crippen LogP contribution in [0.15, 0.2) is 71.9 Å². The largest absolute Gasteiger partial charge is 0.493 e. The van der Waals surface area contributed by atoms with Crippen molar-refractivity contribution in [2.75, 3.05) is 11.9 Å². The van der Waals surface area contributed by atoms with Gasteiger partial charge in [0.1, 0.15) is 5.75 Å². The molecule has 3 aromatic rings. The summed E-state index contributed by atoms with van der Waals surface area (Å²) < 4.78 is 6.08. The van der Waals surface area contributed by atoms with E-state index >= 15 is 0 Å². The van der Waals surface area contributed by atoms with Crippen LogP contribution in [0.2, 0.25) is 0 Å². The third kappa shape index (κ3) is 4.86. The minimum atomic E-state index is -0.396. The SMILES string of the molecule is CC1=C(C(=O)Nc2ccccc2C)C(c2ccc(OCC(C)C)c3ccccc23)NC(=S)N1. The van der Waals surface area contributed by atoms with E-state index in [1.165, 1.54) is 0 Å². The molecule has 0 aromatic heterocycles. The summed E-state index contributed by atoms with van der Waals surface area (Å²) in [7, 11) is 0. The number of fused-ring (bicyclic) bond motifs is 1. The second kappa shape index (κ2) is 9.63. The van der Waals surface area contributed by atoms with Crippen LogP contribution < -0.4 is 20.7 Å². The molecule has 3 aromatic carbocycles. The van der Waals surface area contributed by atoms with Gasteiger partial charge in [-0.3, -0.25) is 4.79 Å². The van der Waals surface area contributed by atoms with Crippen LogP contribution in [0.1, 0.15) is 37.9 Å². The molecule has 1 unspecified atom stereocenters. The first-order valence-corrected chi connectivity index (χ1v) is 11.6. The summed E-state index contributed by atoms with van der Waals surface area (Å²) >= 11 is 5.46. The zero-order valence-corrected chi connectivity index (χ0v) is 20.2. The number of allylic oxidation sites excluding steroid dienone is 1. The van der Waals surface area contributed by atoms with E-state index in [1.54, 1.807) is 0 Å². The normalized spacial score (nSPS) is 15.9. The van der Waals surface area contributed by atoms with Gasteiger partial charge in [0.2, 0.25) is 0 Å². The minimum Gasteiger partial charge on any atom is -0.493 e. The molecular weight excluding hydrogens is 430 g/mol. The van der Waals surface area contributed by atoms with E-state index in [0.29, 0.717) is 23.2 Å². The Kier molecular flexibility index (Phi) is 6.65. The number of hydrogen-bond acceptors (Lipinski definition) is 3. The molecule has 1 aliphatic heterocycles. The number of rotatable bonds is 6. The lowest BCUT2D eigenvalue weighted by Crippen LogP contribution is -2.45. The van der Waals surface area contributed by atoms with E-state index in [0.717, 1.165) is 39.0 Å². The fourth-order valence-corrected chi connectivity index (χ4v) is 4.33. The van der Waals surface area contributed by atoms with Crippen molar-refractivity contribution in [1.29, 1.82) is 0 Å². The maximum absolute atomic E-state index is 13.5. The molecule has 170 valence electrons. The predicted molar refractivity (Wildman–Crippen MR) is 138 cm³/mol. The van der Waals surface area contributed by atoms with Crippen molar-refractivity contribution in [2.45, 2.75) is 33.7 Å². The second-order valence-electron chi connectivity index (χ2n) is 8.74. The fourth-order valence-electron chi connectivity index (χ4n) is 4.06. The van der Waals surface area contributed by atoms with Crippen molar-refractivity contribution in [3.63, 3.8) is 0 Å². The smallest absolute Gasteiger partial charge is 0.255 e. The molecule has 0 saturated carbocycles. The molecule has 1 amide bonds. The number of hydrogen-bond donors (Lipinski definition) is 3. The van der Waals surface area contributed by atoms with Gasteiger partial charge in [0.05, 0.1) is 18.2 Å². The van der Waals surface area contributed by atoms with E-state index in [9.17, 15) is 4.79 Å². The molecule has 0 bridgehead atoms. The Balaban J connectivity index is 1.77. The summed E-state index contributed by atoms with van der Waals surface area (Å²) in [5.74, 6) is 1.10. The first-order valence-electron chi connectivity index (χ1n) is 11.1. The number of benzene rings is 3. The summed E-state index contributed by atoms with van der Waals surface area (Å²) in [6.07, 6.45) is 0. The highest BCUT2D eigenvalue weighted by Gasteiger charge is 2.31. The molecule has 0 saturated heterocycles. The average Bonchev–Trinajstić information content (AvgIpc) is 2.78. The predicted octanol–water partition coefficient (Wildman–Crippen LogP) is 5.61. The van der Waals surface area contributed by atoms with Crippen molar-refractivity contribution >= 4 is 39.7 Å². The maximum Gasteiger partial charge on any atom is 0.255 e. The van der Waals surface area contributed by atoms with Crippen LogP contribution in [0, 0.1) is 12.8 Å². The quantitative estimate of drug-likeness (QED) is 0.418. The van der Waals surface area contributed by atoms with Gasteiger partial charge in [0.15, 0.2) is 5.11 Å². The van der Waals surface area contributed by atoms with Crippen molar-refractivity contribution in [3.05, 3.63) is 83.1 Å². The molecular formula is C27H29N3O2S. The highest BCUT2D eigenvalue weighted by molar-refractivity contribution is 7.80. The molecule has 1 aliphatic rings. The van der Waals surface area contributed by atoms with Crippen molar-refractivity contribution in [3.8, 4) is 5.75 Å². The topological polar surface area (TPSA) is 62.4 Å². The molecule has 0 spiro atoms. The number of nitrogens with one attached hydrogen (secondary N) is 3. The third-order valence-electron chi connectivity index (χ3n) is 5.71. The number of carbonyl (C=O) groups is 1. The first kappa shape index (κ1) is 22.8. The van der Waals surface area contributed by atoms with Crippen LogP contribution in [-0.4, -0.2) is 17.6 Å².